The summed E-state index contributed by atoms with van der Waals surface area (Å²) in [7, 11) is 1.55. The number of oxazole rings is 1. The van der Waals surface area contributed by atoms with Gasteiger partial charge in [-0.1, -0.05) is 19.9 Å². The number of carbonyl (C=O) groups excluding carboxylic acids is 1. The molecule has 0 aliphatic heterocycles. The molecule has 0 bridgehead atoms. The number of carbonyl (C=O) groups is 1. The van der Waals surface area contributed by atoms with Gasteiger partial charge in [-0.15, -0.1) is 0 Å². The van der Waals surface area contributed by atoms with E-state index >= 15 is 0 Å². The average molecular weight is 519 g/mol. The smallest absolute Gasteiger partial charge is 0.256 e. The van der Waals surface area contributed by atoms with Crippen LogP contribution in [0.5, 0.6) is 23.0 Å². The first-order chi connectivity index (χ1) is 18.4. The molecule has 0 saturated heterocycles. The number of aromatic nitrogens is 1. The Balaban J connectivity index is 1.68. The molecule has 38 heavy (non-hydrogen) atoms. The lowest BCUT2D eigenvalue weighted by Crippen LogP contribution is -2.14. The van der Waals surface area contributed by atoms with Crippen LogP contribution in [0.1, 0.15) is 56.5 Å². The van der Waals surface area contributed by atoms with Crippen LogP contribution in [0.4, 0.5) is 5.69 Å². The topological polar surface area (TPSA) is 92.1 Å². The number of rotatable bonds is 11. The molecule has 1 amide bonds. The van der Waals surface area contributed by atoms with Gasteiger partial charge in [-0.3, -0.25) is 4.79 Å². The summed E-state index contributed by atoms with van der Waals surface area (Å²) in [5, 5.41) is 2.95. The predicted octanol–water partition coefficient (Wildman–Crippen LogP) is 7.08. The van der Waals surface area contributed by atoms with Crippen molar-refractivity contribution in [2.75, 3.05) is 32.2 Å². The van der Waals surface area contributed by atoms with Crippen LogP contribution in [0.3, 0.4) is 0 Å². The lowest BCUT2D eigenvalue weighted by atomic mass is 10.0. The molecule has 0 fully saturated rings. The van der Waals surface area contributed by atoms with E-state index in [1.54, 1.807) is 31.4 Å². The number of benzene rings is 3. The molecule has 8 nitrogen and oxygen atoms in total. The fraction of sp³-hybridized carbons (Fsp3) is 0.333. The summed E-state index contributed by atoms with van der Waals surface area (Å²) in [5.74, 6) is 2.35. The third kappa shape index (κ3) is 5.69. The minimum absolute atomic E-state index is 0.357. The second-order valence-electron chi connectivity index (χ2n) is 8.87. The van der Waals surface area contributed by atoms with E-state index in [0.717, 1.165) is 5.52 Å². The number of fused-ring (bicyclic) bond motifs is 1. The third-order valence-electron chi connectivity index (χ3n) is 5.94. The zero-order valence-corrected chi connectivity index (χ0v) is 22.7. The SMILES string of the molecule is CCOc1cc(C(=O)Nc2cc(-c3nc4cc(C(C)C)ccc4o3)ccc2OC)cc(OCC)c1OCC. The second-order valence-corrected chi connectivity index (χ2v) is 8.87. The highest BCUT2D eigenvalue weighted by molar-refractivity contribution is 6.06. The molecule has 1 aromatic heterocycles. The van der Waals surface area contributed by atoms with Crippen molar-refractivity contribution < 1.29 is 28.2 Å². The number of methoxy groups -OCH3 is 1. The first kappa shape index (κ1) is 26.9. The number of hydrogen-bond acceptors (Lipinski definition) is 7. The number of nitrogens with one attached hydrogen (secondary N) is 1. The molecular formula is C30H34N2O6. The van der Waals surface area contributed by atoms with Crippen molar-refractivity contribution in [3.63, 3.8) is 0 Å². The normalized spacial score (nSPS) is 11.0. The Morgan fingerprint density at radius 3 is 2.18 bits per heavy atom. The van der Waals surface area contributed by atoms with Gasteiger partial charge in [0.1, 0.15) is 11.3 Å². The summed E-state index contributed by atoms with van der Waals surface area (Å²) in [6.45, 7) is 11.2. The number of ether oxygens (including phenoxy) is 4. The number of anilines is 1. The Morgan fingerprint density at radius 1 is 0.895 bits per heavy atom. The van der Waals surface area contributed by atoms with E-state index in [1.165, 1.54) is 5.56 Å². The van der Waals surface area contributed by atoms with E-state index in [4.69, 9.17) is 23.4 Å². The summed E-state index contributed by atoms with van der Waals surface area (Å²) in [5.41, 5.74) is 4.22. The number of nitrogens with zero attached hydrogens (tertiary/aromatic N) is 1. The average Bonchev–Trinajstić information content (AvgIpc) is 3.34. The Kier molecular flexibility index (Phi) is 8.41. The molecule has 0 saturated carbocycles. The van der Waals surface area contributed by atoms with Gasteiger partial charge in [-0.05, 0) is 74.7 Å². The molecule has 4 rings (SSSR count). The van der Waals surface area contributed by atoms with Crippen LogP contribution in [0.25, 0.3) is 22.6 Å². The highest BCUT2D eigenvalue weighted by atomic mass is 16.5. The van der Waals surface area contributed by atoms with Gasteiger partial charge in [0.15, 0.2) is 17.1 Å². The molecule has 8 heteroatoms. The van der Waals surface area contributed by atoms with Gasteiger partial charge < -0.3 is 28.7 Å². The molecule has 200 valence electrons. The highest BCUT2D eigenvalue weighted by Gasteiger charge is 2.20. The molecule has 0 aliphatic carbocycles. The molecule has 3 aromatic carbocycles. The third-order valence-corrected chi connectivity index (χ3v) is 5.94. The molecule has 0 aliphatic rings. The predicted molar refractivity (Wildman–Crippen MR) is 148 cm³/mol. The standard InChI is InChI=1S/C30H34N2O6/c1-7-35-26-16-21(17-27(36-8-2)28(26)37-9-3)29(33)31-22-15-20(11-12-24(22)34-6)30-32-23-14-19(18(4)5)10-13-25(23)38-30/h10-18H,7-9H2,1-6H3,(H,31,33). The maximum Gasteiger partial charge on any atom is 0.256 e. The van der Waals surface area contributed by atoms with Crippen LogP contribution in [0.15, 0.2) is 52.9 Å². The van der Waals surface area contributed by atoms with Crippen LogP contribution in [-0.4, -0.2) is 37.8 Å². The number of hydrogen-bond donors (Lipinski definition) is 1. The largest absolute Gasteiger partial charge is 0.495 e. The molecule has 4 aromatic rings. The van der Waals surface area contributed by atoms with Crippen molar-refractivity contribution in [2.45, 2.75) is 40.5 Å². The van der Waals surface area contributed by atoms with Gasteiger partial charge in [-0.2, -0.15) is 0 Å². The zero-order valence-electron chi connectivity index (χ0n) is 22.7. The van der Waals surface area contributed by atoms with Crippen molar-refractivity contribution in [2.24, 2.45) is 0 Å². The highest BCUT2D eigenvalue weighted by Crippen LogP contribution is 2.40. The molecule has 1 heterocycles. The summed E-state index contributed by atoms with van der Waals surface area (Å²) in [6, 6.07) is 14.7. The van der Waals surface area contributed by atoms with Crippen molar-refractivity contribution >= 4 is 22.7 Å². The fourth-order valence-corrected chi connectivity index (χ4v) is 4.08. The Bertz CT molecular complexity index is 1400. The second kappa shape index (κ2) is 11.9. The van der Waals surface area contributed by atoms with E-state index in [1.807, 2.05) is 45.0 Å². The van der Waals surface area contributed by atoms with Crippen molar-refractivity contribution in [3.05, 3.63) is 59.7 Å². The minimum Gasteiger partial charge on any atom is -0.495 e. The van der Waals surface area contributed by atoms with Crippen molar-refractivity contribution in [1.82, 2.24) is 4.98 Å². The van der Waals surface area contributed by atoms with Gasteiger partial charge in [0.2, 0.25) is 11.6 Å². The molecule has 0 atom stereocenters. The van der Waals surface area contributed by atoms with E-state index in [9.17, 15) is 4.79 Å². The molecule has 0 unspecified atom stereocenters. The summed E-state index contributed by atoms with van der Waals surface area (Å²) in [6.07, 6.45) is 0. The maximum atomic E-state index is 13.4. The fourth-order valence-electron chi connectivity index (χ4n) is 4.08. The quantitative estimate of drug-likeness (QED) is 0.227. The van der Waals surface area contributed by atoms with Crippen molar-refractivity contribution in [1.29, 1.82) is 0 Å². The van der Waals surface area contributed by atoms with E-state index in [0.29, 0.717) is 77.0 Å². The van der Waals surface area contributed by atoms with E-state index in [-0.39, 0.29) is 5.91 Å². The zero-order chi connectivity index (χ0) is 27.2. The van der Waals surface area contributed by atoms with Gasteiger partial charge >= 0.3 is 0 Å². The Hall–Kier alpha value is -4.20. The van der Waals surface area contributed by atoms with Crippen LogP contribution >= 0.6 is 0 Å². The molecule has 0 radical (unpaired) electrons. The monoisotopic (exact) mass is 518 g/mol. The Labute approximate surface area is 222 Å². The summed E-state index contributed by atoms with van der Waals surface area (Å²) in [4.78, 5) is 18.1. The van der Waals surface area contributed by atoms with Crippen LogP contribution in [0.2, 0.25) is 0 Å². The van der Waals surface area contributed by atoms with Gasteiger partial charge in [0.25, 0.3) is 5.91 Å². The van der Waals surface area contributed by atoms with E-state index in [2.05, 4.69) is 24.1 Å². The van der Waals surface area contributed by atoms with Crippen molar-refractivity contribution in [3.8, 4) is 34.5 Å². The lowest BCUT2D eigenvalue weighted by Gasteiger charge is -2.17. The van der Waals surface area contributed by atoms with Gasteiger partial charge in [0, 0.05) is 11.1 Å². The maximum absolute atomic E-state index is 13.4. The first-order valence-corrected chi connectivity index (χ1v) is 12.8. The Morgan fingerprint density at radius 2 is 1.58 bits per heavy atom. The van der Waals surface area contributed by atoms with Crippen LogP contribution in [-0.2, 0) is 0 Å². The van der Waals surface area contributed by atoms with Gasteiger partial charge in [-0.25, -0.2) is 4.98 Å². The van der Waals surface area contributed by atoms with Crippen LogP contribution < -0.4 is 24.3 Å². The molecule has 1 N–H and O–H groups in total. The summed E-state index contributed by atoms with van der Waals surface area (Å²) >= 11 is 0. The molecular weight excluding hydrogens is 484 g/mol. The number of amides is 1. The summed E-state index contributed by atoms with van der Waals surface area (Å²) < 4.78 is 28.8. The first-order valence-electron chi connectivity index (χ1n) is 12.8. The van der Waals surface area contributed by atoms with Crippen LogP contribution in [0, 0.1) is 0 Å². The lowest BCUT2D eigenvalue weighted by molar-refractivity contribution is 0.102. The minimum atomic E-state index is -0.357. The van der Waals surface area contributed by atoms with Gasteiger partial charge in [0.05, 0.1) is 32.6 Å². The molecule has 0 spiro atoms. The van der Waals surface area contributed by atoms with E-state index < -0.39 is 0 Å².